The second-order valence-corrected chi connectivity index (χ2v) is 5.05. The Morgan fingerprint density at radius 3 is 2.60 bits per heavy atom. The molecule has 1 aliphatic rings. The van der Waals surface area contributed by atoms with Gasteiger partial charge in [-0.2, -0.15) is 0 Å². The molecule has 1 amide bonds. The third-order valence-corrected chi connectivity index (χ3v) is 3.67. The highest BCUT2D eigenvalue weighted by atomic mass is 16.6. The number of hydrogen-bond acceptors (Lipinski definition) is 4. The lowest BCUT2D eigenvalue weighted by Gasteiger charge is -2.22. The lowest BCUT2D eigenvalue weighted by molar-refractivity contribution is -0.385. The molecule has 0 heterocycles. The van der Waals surface area contributed by atoms with Crippen LogP contribution in [0.1, 0.15) is 42.5 Å². The third-order valence-electron chi connectivity index (χ3n) is 3.67. The molecule has 1 aromatic rings. The van der Waals surface area contributed by atoms with Crippen molar-refractivity contribution in [3.63, 3.8) is 0 Å². The number of nitro groups is 1. The molecule has 108 valence electrons. The fourth-order valence-electron chi connectivity index (χ4n) is 2.54. The molecule has 0 radical (unpaired) electrons. The molecular formula is C14H19N3O3. The minimum Gasteiger partial charge on any atom is -0.388 e. The number of anilines is 1. The van der Waals surface area contributed by atoms with Gasteiger partial charge in [-0.3, -0.25) is 14.9 Å². The smallest absolute Gasteiger partial charge is 0.282 e. The van der Waals surface area contributed by atoms with Gasteiger partial charge in [-0.05, 0) is 25.0 Å². The number of benzene rings is 1. The first-order valence-electron chi connectivity index (χ1n) is 6.89. The van der Waals surface area contributed by atoms with Crippen molar-refractivity contribution in [2.45, 2.75) is 38.1 Å². The van der Waals surface area contributed by atoms with Gasteiger partial charge in [0.05, 0.1) is 4.92 Å². The van der Waals surface area contributed by atoms with Crippen LogP contribution in [0.4, 0.5) is 11.4 Å². The van der Waals surface area contributed by atoms with Gasteiger partial charge in [0, 0.05) is 24.8 Å². The van der Waals surface area contributed by atoms with Gasteiger partial charge in [0.25, 0.3) is 11.6 Å². The van der Waals surface area contributed by atoms with E-state index in [1.165, 1.54) is 18.6 Å². The van der Waals surface area contributed by atoms with Crippen LogP contribution in [-0.2, 0) is 0 Å². The van der Waals surface area contributed by atoms with Gasteiger partial charge in [-0.1, -0.05) is 19.3 Å². The van der Waals surface area contributed by atoms with Crippen LogP contribution in [-0.4, -0.2) is 23.9 Å². The maximum absolute atomic E-state index is 12.3. The lowest BCUT2D eigenvalue weighted by Crippen LogP contribution is -2.36. The van der Waals surface area contributed by atoms with E-state index in [4.69, 9.17) is 0 Å². The molecule has 1 fully saturated rings. The first-order valence-corrected chi connectivity index (χ1v) is 6.89. The van der Waals surface area contributed by atoms with Crippen molar-refractivity contribution in [1.82, 2.24) is 5.32 Å². The minimum atomic E-state index is -0.519. The predicted octanol–water partition coefficient (Wildman–Crippen LogP) is 2.70. The monoisotopic (exact) mass is 277 g/mol. The van der Waals surface area contributed by atoms with Crippen molar-refractivity contribution in [2.75, 3.05) is 12.4 Å². The summed E-state index contributed by atoms with van der Waals surface area (Å²) in [4.78, 5) is 22.8. The summed E-state index contributed by atoms with van der Waals surface area (Å²) in [6.07, 6.45) is 5.30. The molecule has 6 nitrogen and oxygen atoms in total. The van der Waals surface area contributed by atoms with Crippen molar-refractivity contribution < 1.29 is 9.72 Å². The number of rotatable bonds is 4. The van der Waals surface area contributed by atoms with E-state index in [-0.39, 0.29) is 23.2 Å². The van der Waals surface area contributed by atoms with Gasteiger partial charge >= 0.3 is 0 Å². The summed E-state index contributed by atoms with van der Waals surface area (Å²) in [5.74, 6) is -0.360. The van der Waals surface area contributed by atoms with Crippen LogP contribution in [0.2, 0.25) is 0 Å². The molecule has 0 aromatic heterocycles. The van der Waals surface area contributed by atoms with E-state index in [0.29, 0.717) is 5.69 Å². The molecule has 1 aromatic carbocycles. The Labute approximate surface area is 117 Å². The Balaban J connectivity index is 2.20. The van der Waals surface area contributed by atoms with Crippen molar-refractivity contribution in [2.24, 2.45) is 0 Å². The zero-order valence-corrected chi connectivity index (χ0v) is 11.5. The second-order valence-electron chi connectivity index (χ2n) is 5.05. The van der Waals surface area contributed by atoms with Crippen LogP contribution < -0.4 is 10.6 Å². The Bertz CT molecular complexity index is 510. The number of hydrogen-bond donors (Lipinski definition) is 2. The lowest BCUT2D eigenvalue weighted by atomic mass is 9.95. The first-order chi connectivity index (χ1) is 9.61. The molecule has 6 heteroatoms. The summed E-state index contributed by atoms with van der Waals surface area (Å²) < 4.78 is 0. The van der Waals surface area contributed by atoms with E-state index >= 15 is 0 Å². The number of nitrogens with one attached hydrogen (secondary N) is 2. The van der Waals surface area contributed by atoms with Crippen molar-refractivity contribution in [3.05, 3.63) is 33.9 Å². The summed E-state index contributed by atoms with van der Waals surface area (Å²) in [5, 5.41) is 16.8. The summed E-state index contributed by atoms with van der Waals surface area (Å²) in [7, 11) is 1.71. The Kier molecular flexibility index (Phi) is 4.55. The molecule has 2 N–H and O–H groups in total. The van der Waals surface area contributed by atoms with Gasteiger partial charge in [0.15, 0.2) is 0 Å². The van der Waals surface area contributed by atoms with Gasteiger partial charge in [0.2, 0.25) is 0 Å². The number of nitro benzene ring substituents is 1. The first kappa shape index (κ1) is 14.3. The zero-order valence-electron chi connectivity index (χ0n) is 11.5. The summed E-state index contributed by atoms with van der Waals surface area (Å²) >= 11 is 0. The Hall–Kier alpha value is -2.11. The highest BCUT2D eigenvalue weighted by molar-refractivity contribution is 5.99. The topological polar surface area (TPSA) is 84.3 Å². The molecule has 1 saturated carbocycles. The van der Waals surface area contributed by atoms with Crippen LogP contribution in [0.3, 0.4) is 0 Å². The van der Waals surface area contributed by atoms with E-state index in [1.807, 2.05) is 0 Å². The van der Waals surface area contributed by atoms with E-state index in [2.05, 4.69) is 10.6 Å². The van der Waals surface area contributed by atoms with E-state index in [9.17, 15) is 14.9 Å². The van der Waals surface area contributed by atoms with Crippen LogP contribution in [0.25, 0.3) is 0 Å². The molecule has 0 unspecified atom stereocenters. The number of amides is 1. The van der Waals surface area contributed by atoms with E-state index < -0.39 is 4.92 Å². The number of carbonyl (C=O) groups excluding carboxylic acids is 1. The van der Waals surface area contributed by atoms with Crippen molar-refractivity contribution >= 4 is 17.3 Å². The molecule has 1 aliphatic carbocycles. The number of carbonyl (C=O) groups is 1. The van der Waals surface area contributed by atoms with Gasteiger partial charge in [-0.15, -0.1) is 0 Å². The Morgan fingerprint density at radius 2 is 2.00 bits per heavy atom. The number of nitrogens with zero attached hydrogens (tertiary/aromatic N) is 1. The highest BCUT2D eigenvalue weighted by Crippen LogP contribution is 2.24. The normalized spacial score (nSPS) is 15.7. The standard InChI is InChI=1S/C14H19N3O3/c1-15-11-7-8-13(17(19)20)12(9-11)14(18)16-10-5-3-2-4-6-10/h7-10,15H,2-6H2,1H3,(H,16,18). The SMILES string of the molecule is CNc1ccc([N+](=O)[O-])c(C(=O)NC2CCCCC2)c1. The van der Waals surface area contributed by atoms with Crippen molar-refractivity contribution in [3.8, 4) is 0 Å². The summed E-state index contributed by atoms with van der Waals surface area (Å²) in [5.41, 5.74) is 0.647. The molecule has 0 atom stereocenters. The second kappa shape index (κ2) is 6.36. The molecule has 20 heavy (non-hydrogen) atoms. The van der Waals surface area contributed by atoms with Crippen molar-refractivity contribution in [1.29, 1.82) is 0 Å². The van der Waals surface area contributed by atoms with Gasteiger partial charge < -0.3 is 10.6 Å². The third kappa shape index (κ3) is 3.26. The van der Waals surface area contributed by atoms with E-state index in [0.717, 1.165) is 25.7 Å². The maximum Gasteiger partial charge on any atom is 0.282 e. The minimum absolute atomic E-state index is 0.118. The predicted molar refractivity (Wildman–Crippen MR) is 77.0 cm³/mol. The van der Waals surface area contributed by atoms with Crippen LogP contribution >= 0.6 is 0 Å². The van der Waals surface area contributed by atoms with Gasteiger partial charge in [-0.25, -0.2) is 0 Å². The van der Waals surface area contributed by atoms with Crippen LogP contribution in [0.5, 0.6) is 0 Å². The zero-order chi connectivity index (χ0) is 14.5. The molecule has 2 rings (SSSR count). The van der Waals surface area contributed by atoms with E-state index in [1.54, 1.807) is 13.1 Å². The molecule has 0 aliphatic heterocycles. The molecule has 0 spiro atoms. The fraction of sp³-hybridized carbons (Fsp3) is 0.500. The largest absolute Gasteiger partial charge is 0.388 e. The summed E-state index contributed by atoms with van der Waals surface area (Å²) in [6, 6.07) is 4.61. The van der Waals surface area contributed by atoms with Gasteiger partial charge in [0.1, 0.15) is 5.56 Å². The average Bonchev–Trinajstić information content (AvgIpc) is 2.47. The Morgan fingerprint density at radius 1 is 1.30 bits per heavy atom. The van der Waals surface area contributed by atoms with Crippen LogP contribution in [0.15, 0.2) is 18.2 Å². The molecule has 0 saturated heterocycles. The maximum atomic E-state index is 12.3. The summed E-state index contributed by atoms with van der Waals surface area (Å²) in [6.45, 7) is 0. The highest BCUT2D eigenvalue weighted by Gasteiger charge is 2.23. The average molecular weight is 277 g/mol. The quantitative estimate of drug-likeness (QED) is 0.654. The fourth-order valence-corrected chi connectivity index (χ4v) is 2.54. The van der Waals surface area contributed by atoms with Crippen LogP contribution in [0, 0.1) is 10.1 Å². The molecule has 0 bridgehead atoms. The molecular weight excluding hydrogens is 258 g/mol.